The van der Waals surface area contributed by atoms with E-state index in [2.05, 4.69) is 37.6 Å². The Bertz CT molecular complexity index is 709. The predicted molar refractivity (Wildman–Crippen MR) is 99.0 cm³/mol. The first-order valence-corrected chi connectivity index (χ1v) is 9.41. The molecule has 0 unspecified atom stereocenters. The smallest absolute Gasteiger partial charge is 0.137 e. The van der Waals surface area contributed by atoms with Gasteiger partial charge in [-0.15, -0.1) is 0 Å². The van der Waals surface area contributed by atoms with Crippen molar-refractivity contribution in [3.63, 3.8) is 0 Å². The van der Waals surface area contributed by atoms with Crippen molar-refractivity contribution >= 4 is 27.4 Å². The molecule has 0 spiro atoms. The van der Waals surface area contributed by atoms with Gasteiger partial charge >= 0.3 is 0 Å². The van der Waals surface area contributed by atoms with E-state index in [1.165, 1.54) is 19.3 Å². The van der Waals surface area contributed by atoms with Crippen molar-refractivity contribution in [1.82, 2.24) is 4.98 Å². The maximum Gasteiger partial charge on any atom is 0.137 e. The number of rotatable bonds is 5. The Kier molecular flexibility index (Phi) is 4.44. The largest absolute Gasteiger partial charge is 0.381 e. The van der Waals surface area contributed by atoms with E-state index in [-0.39, 0.29) is 5.82 Å². The lowest BCUT2D eigenvalue weighted by Gasteiger charge is -2.37. The molecule has 2 N–H and O–H groups in total. The molecule has 0 atom stereocenters. The van der Waals surface area contributed by atoms with Crippen LogP contribution in [0.5, 0.6) is 0 Å². The van der Waals surface area contributed by atoms with Crippen LogP contribution in [0, 0.1) is 5.82 Å². The molecule has 2 aliphatic rings. The highest BCUT2D eigenvalue weighted by atomic mass is 79.9. The van der Waals surface area contributed by atoms with E-state index in [1.807, 2.05) is 18.3 Å². The highest BCUT2D eigenvalue weighted by molar-refractivity contribution is 9.10. The summed E-state index contributed by atoms with van der Waals surface area (Å²) in [6, 6.07) is 10.6. The molecular weight excluding hydrogens is 369 g/mol. The number of hydrogen-bond acceptors (Lipinski definition) is 3. The molecule has 24 heavy (non-hydrogen) atoms. The van der Waals surface area contributed by atoms with E-state index >= 15 is 0 Å². The predicted octanol–water partition coefficient (Wildman–Crippen LogP) is 5.31. The van der Waals surface area contributed by atoms with Gasteiger partial charge < -0.3 is 10.6 Å². The minimum Gasteiger partial charge on any atom is -0.381 e. The summed E-state index contributed by atoms with van der Waals surface area (Å²) in [5.74, 6) is 1.22. The van der Waals surface area contributed by atoms with Crippen LogP contribution in [0.15, 0.2) is 41.0 Å². The molecule has 5 heteroatoms. The fourth-order valence-electron chi connectivity index (χ4n) is 3.34. The lowest BCUT2D eigenvalue weighted by molar-refractivity contribution is 0.373. The number of hydrogen-bond donors (Lipinski definition) is 2. The Balaban J connectivity index is 1.28. The van der Waals surface area contributed by atoms with Crippen LogP contribution in [0.1, 0.15) is 43.6 Å². The van der Waals surface area contributed by atoms with Gasteiger partial charge in [0.25, 0.3) is 0 Å². The van der Waals surface area contributed by atoms with E-state index in [0.717, 1.165) is 29.9 Å². The van der Waals surface area contributed by atoms with Crippen LogP contribution < -0.4 is 10.6 Å². The Morgan fingerprint density at radius 2 is 1.88 bits per heavy atom. The fourth-order valence-corrected chi connectivity index (χ4v) is 3.58. The van der Waals surface area contributed by atoms with Gasteiger partial charge in [0.05, 0.1) is 16.4 Å². The molecule has 1 aromatic carbocycles. The molecule has 0 bridgehead atoms. The van der Waals surface area contributed by atoms with Gasteiger partial charge in [-0.05, 0) is 83.8 Å². The Morgan fingerprint density at radius 1 is 1.04 bits per heavy atom. The number of aromatic nitrogens is 1. The fraction of sp³-hybridized carbons (Fsp3) is 0.421. The zero-order valence-corrected chi connectivity index (χ0v) is 15.0. The van der Waals surface area contributed by atoms with Gasteiger partial charge in [-0.25, -0.2) is 9.37 Å². The summed E-state index contributed by atoms with van der Waals surface area (Å²) in [5, 5.41) is 6.97. The van der Waals surface area contributed by atoms with Crippen molar-refractivity contribution in [2.45, 2.75) is 50.1 Å². The second kappa shape index (κ2) is 6.71. The van der Waals surface area contributed by atoms with Gasteiger partial charge in [0.2, 0.25) is 0 Å². The number of anilines is 2. The average Bonchev–Trinajstić information content (AvgIpc) is 2.51. The number of nitrogens with zero attached hydrogens (tertiary/aromatic N) is 1. The van der Waals surface area contributed by atoms with Gasteiger partial charge in [0.15, 0.2) is 0 Å². The molecule has 2 saturated carbocycles. The van der Waals surface area contributed by atoms with Crippen LogP contribution in [-0.2, 0) is 0 Å². The molecule has 2 aromatic rings. The molecular formula is C19H21BrFN3. The van der Waals surface area contributed by atoms with E-state index in [1.54, 1.807) is 12.1 Å². The van der Waals surface area contributed by atoms with E-state index in [9.17, 15) is 4.39 Å². The molecule has 2 fully saturated rings. The van der Waals surface area contributed by atoms with Crippen molar-refractivity contribution < 1.29 is 4.39 Å². The molecule has 0 radical (unpaired) electrons. The van der Waals surface area contributed by atoms with Crippen LogP contribution >= 0.6 is 15.9 Å². The summed E-state index contributed by atoms with van der Waals surface area (Å²) in [6.45, 7) is 0. The first kappa shape index (κ1) is 15.9. The SMILES string of the molecule is Fc1cc(C2CC(Nc3ccc(NC4CCC4)nc3)C2)ccc1Br. The van der Waals surface area contributed by atoms with Gasteiger partial charge in [0.1, 0.15) is 11.6 Å². The quantitative estimate of drug-likeness (QED) is 0.727. The molecule has 0 aliphatic heterocycles. The van der Waals surface area contributed by atoms with E-state index in [0.29, 0.717) is 22.5 Å². The first-order valence-electron chi connectivity index (χ1n) is 8.61. The van der Waals surface area contributed by atoms with Gasteiger partial charge in [0, 0.05) is 12.1 Å². The van der Waals surface area contributed by atoms with Gasteiger partial charge in [-0.2, -0.15) is 0 Å². The maximum atomic E-state index is 13.6. The van der Waals surface area contributed by atoms with Crippen molar-refractivity contribution in [2.75, 3.05) is 10.6 Å². The molecule has 1 heterocycles. The molecule has 0 amide bonds. The van der Waals surface area contributed by atoms with E-state index < -0.39 is 0 Å². The number of nitrogens with one attached hydrogen (secondary N) is 2. The van der Waals surface area contributed by atoms with Crippen molar-refractivity contribution in [1.29, 1.82) is 0 Å². The standard InChI is InChI=1S/C19H21BrFN3/c20-17-6-4-12(10-18(17)21)13-8-16(9-13)23-15-5-7-19(22-11-15)24-14-2-1-3-14/h4-7,10-11,13-14,16,23H,1-3,8-9H2,(H,22,24). The van der Waals surface area contributed by atoms with Crippen LogP contribution in [-0.4, -0.2) is 17.1 Å². The summed E-state index contributed by atoms with van der Waals surface area (Å²) >= 11 is 3.20. The third-order valence-corrected chi connectivity index (χ3v) is 5.79. The number of benzene rings is 1. The average molecular weight is 390 g/mol. The first-order chi connectivity index (χ1) is 11.7. The third-order valence-electron chi connectivity index (χ3n) is 5.14. The summed E-state index contributed by atoms with van der Waals surface area (Å²) < 4.78 is 14.2. The molecule has 1 aromatic heterocycles. The second-order valence-corrected chi connectivity index (χ2v) is 7.74. The molecule has 3 nitrogen and oxygen atoms in total. The molecule has 0 saturated heterocycles. The van der Waals surface area contributed by atoms with Gasteiger partial charge in [-0.1, -0.05) is 6.07 Å². The number of halogens is 2. The zero-order valence-electron chi connectivity index (χ0n) is 13.4. The summed E-state index contributed by atoms with van der Waals surface area (Å²) in [6.07, 6.45) is 7.78. The summed E-state index contributed by atoms with van der Waals surface area (Å²) in [7, 11) is 0. The van der Waals surface area contributed by atoms with Crippen molar-refractivity contribution in [2.24, 2.45) is 0 Å². The van der Waals surface area contributed by atoms with Crippen LogP contribution in [0.2, 0.25) is 0 Å². The minimum absolute atomic E-state index is 0.178. The normalized spacial score (nSPS) is 23.2. The van der Waals surface area contributed by atoms with Gasteiger partial charge in [-0.3, -0.25) is 0 Å². The lowest BCUT2D eigenvalue weighted by Crippen LogP contribution is -2.34. The summed E-state index contributed by atoms with van der Waals surface area (Å²) in [5.41, 5.74) is 2.14. The molecule has 4 rings (SSSR count). The highest BCUT2D eigenvalue weighted by Gasteiger charge is 2.30. The van der Waals surface area contributed by atoms with Crippen LogP contribution in [0.3, 0.4) is 0 Å². The number of pyridine rings is 1. The third kappa shape index (κ3) is 3.41. The van der Waals surface area contributed by atoms with E-state index in [4.69, 9.17) is 0 Å². The minimum atomic E-state index is -0.178. The monoisotopic (exact) mass is 389 g/mol. The van der Waals surface area contributed by atoms with Crippen LogP contribution in [0.25, 0.3) is 0 Å². The zero-order chi connectivity index (χ0) is 16.5. The topological polar surface area (TPSA) is 37.0 Å². The van der Waals surface area contributed by atoms with Crippen LogP contribution in [0.4, 0.5) is 15.9 Å². The summed E-state index contributed by atoms with van der Waals surface area (Å²) in [4.78, 5) is 4.48. The Morgan fingerprint density at radius 3 is 2.50 bits per heavy atom. The highest BCUT2D eigenvalue weighted by Crippen LogP contribution is 2.39. The van der Waals surface area contributed by atoms with Crippen molar-refractivity contribution in [3.8, 4) is 0 Å². The lowest BCUT2D eigenvalue weighted by atomic mass is 9.76. The molecule has 2 aliphatic carbocycles. The second-order valence-electron chi connectivity index (χ2n) is 6.89. The maximum absolute atomic E-state index is 13.6. The van der Waals surface area contributed by atoms with Crippen molar-refractivity contribution in [3.05, 3.63) is 52.4 Å². The molecule has 126 valence electrons. The Hall–Kier alpha value is -1.62. The Labute approximate surface area is 150 Å².